The summed E-state index contributed by atoms with van der Waals surface area (Å²) >= 11 is 0. The zero-order chi connectivity index (χ0) is 27.6. The van der Waals surface area contributed by atoms with Crippen LogP contribution in [0.5, 0.6) is 11.6 Å². The van der Waals surface area contributed by atoms with Crippen molar-refractivity contribution >= 4 is 21.3 Å². The second-order valence-corrected chi connectivity index (χ2v) is 10.7. The number of carbonyl (C=O) groups is 1. The number of amides is 1. The monoisotopic (exact) mass is 540 g/mol. The highest BCUT2D eigenvalue weighted by Gasteiger charge is 2.23. The van der Waals surface area contributed by atoms with Gasteiger partial charge in [0.2, 0.25) is 11.8 Å². The Labute approximate surface area is 217 Å². The summed E-state index contributed by atoms with van der Waals surface area (Å²) in [5.41, 5.74) is 1.95. The van der Waals surface area contributed by atoms with Gasteiger partial charge in [0.25, 0.3) is 12.3 Å². The molecule has 1 atom stereocenters. The van der Waals surface area contributed by atoms with Gasteiger partial charge < -0.3 is 10.1 Å². The van der Waals surface area contributed by atoms with Crippen LogP contribution < -0.4 is 10.1 Å². The molecule has 0 aliphatic rings. The molecule has 0 bridgehead atoms. The van der Waals surface area contributed by atoms with Crippen molar-refractivity contribution in [1.29, 1.82) is 4.78 Å². The van der Waals surface area contributed by atoms with Gasteiger partial charge in [0.1, 0.15) is 5.56 Å². The third kappa shape index (κ3) is 5.83. The lowest BCUT2D eigenvalue weighted by Crippen LogP contribution is -2.16. The van der Waals surface area contributed by atoms with Crippen LogP contribution in [0.3, 0.4) is 0 Å². The number of hydrogen-bond acceptors (Lipinski definition) is 6. The highest BCUT2D eigenvalue weighted by Crippen LogP contribution is 2.34. The normalized spacial score (nSPS) is 12.7. The number of alkyl halides is 2. The number of hydrogen-bond donors (Lipinski definition) is 2. The fourth-order valence-electron chi connectivity index (χ4n) is 3.76. The van der Waals surface area contributed by atoms with Crippen LogP contribution in [0.25, 0.3) is 11.1 Å². The molecule has 1 amide bonds. The van der Waals surface area contributed by atoms with Crippen molar-refractivity contribution in [2.24, 2.45) is 0 Å². The summed E-state index contributed by atoms with van der Waals surface area (Å²) in [6, 6.07) is 14.2. The number of halogens is 3. The van der Waals surface area contributed by atoms with Crippen LogP contribution >= 0.6 is 0 Å². The number of ether oxygens (including phenoxy) is 1. The van der Waals surface area contributed by atoms with Gasteiger partial charge in [-0.25, -0.2) is 27.7 Å². The molecular weight excluding hydrogens is 517 g/mol. The van der Waals surface area contributed by atoms with Gasteiger partial charge in [-0.2, -0.15) is 4.39 Å². The molecule has 0 saturated carbocycles. The molecule has 196 valence electrons. The zero-order valence-electron chi connectivity index (χ0n) is 20.6. The fraction of sp³-hybridized carbons (Fsp3) is 0.148. The molecule has 2 aromatic heterocycles. The molecule has 38 heavy (non-hydrogen) atoms. The third-order valence-corrected chi connectivity index (χ3v) is 6.91. The maximum absolute atomic E-state index is 13.5. The van der Waals surface area contributed by atoms with E-state index in [-0.39, 0.29) is 33.3 Å². The van der Waals surface area contributed by atoms with Crippen molar-refractivity contribution in [3.63, 3.8) is 0 Å². The number of nitrogens with one attached hydrogen (secondary N) is 2. The minimum Gasteiger partial charge on any atom is -0.436 e. The van der Waals surface area contributed by atoms with E-state index in [1.807, 2.05) is 0 Å². The standard InChI is InChI=1S/C27H23F3N4O3S/c1-15-21(17-7-9-18(10-8-17)25(29)30)14-32-27(37-22-11-12-23(28)33-16(22)2)24(15)26(35)34-19-5-4-6-20(13-19)38(3,31)36/h4-14,25,31H,1-3H3,(H,34,35)/t38-/m1/s1. The summed E-state index contributed by atoms with van der Waals surface area (Å²) in [7, 11) is -3.02. The first-order valence-corrected chi connectivity index (χ1v) is 13.2. The molecule has 0 aliphatic heterocycles. The molecule has 2 heterocycles. The Hall–Kier alpha value is -4.25. The molecule has 0 spiro atoms. The number of aryl methyl sites for hydroxylation is 1. The topological polar surface area (TPSA) is 105 Å². The van der Waals surface area contributed by atoms with Crippen LogP contribution in [0.15, 0.2) is 71.8 Å². The van der Waals surface area contributed by atoms with E-state index in [9.17, 15) is 22.2 Å². The first-order chi connectivity index (χ1) is 17.9. The second-order valence-electron chi connectivity index (χ2n) is 8.54. The Balaban J connectivity index is 1.80. The Bertz CT molecular complexity index is 1630. The van der Waals surface area contributed by atoms with Gasteiger partial charge in [-0.1, -0.05) is 30.3 Å². The molecule has 11 heteroatoms. The van der Waals surface area contributed by atoms with Crippen LogP contribution in [0.2, 0.25) is 0 Å². The van der Waals surface area contributed by atoms with Crippen molar-refractivity contribution in [1.82, 2.24) is 9.97 Å². The molecule has 4 rings (SSSR count). The number of rotatable bonds is 7. The van der Waals surface area contributed by atoms with E-state index in [2.05, 4.69) is 15.3 Å². The van der Waals surface area contributed by atoms with Crippen molar-refractivity contribution in [3.05, 3.63) is 95.2 Å². The van der Waals surface area contributed by atoms with Crippen molar-refractivity contribution in [2.45, 2.75) is 25.2 Å². The van der Waals surface area contributed by atoms with Gasteiger partial charge in [0.15, 0.2) is 5.75 Å². The Morgan fingerprint density at radius 3 is 2.42 bits per heavy atom. The minimum atomic E-state index is -3.02. The van der Waals surface area contributed by atoms with Crippen LogP contribution in [-0.4, -0.2) is 26.3 Å². The lowest BCUT2D eigenvalue weighted by molar-refractivity contribution is 0.102. The van der Waals surface area contributed by atoms with E-state index >= 15 is 0 Å². The van der Waals surface area contributed by atoms with E-state index in [0.29, 0.717) is 22.4 Å². The average Bonchev–Trinajstić information content (AvgIpc) is 2.85. The number of pyridine rings is 2. The molecule has 0 radical (unpaired) electrons. The molecular formula is C27H23F3N4O3S. The summed E-state index contributed by atoms with van der Waals surface area (Å²) in [5.74, 6) is -1.21. The summed E-state index contributed by atoms with van der Waals surface area (Å²) < 4.78 is 65.5. The maximum Gasteiger partial charge on any atom is 0.263 e. The van der Waals surface area contributed by atoms with Crippen molar-refractivity contribution in [2.75, 3.05) is 11.6 Å². The smallest absolute Gasteiger partial charge is 0.263 e. The zero-order valence-corrected chi connectivity index (χ0v) is 21.4. The number of nitrogens with zero attached hydrogens (tertiary/aromatic N) is 2. The number of anilines is 1. The summed E-state index contributed by atoms with van der Waals surface area (Å²) in [5, 5.41) is 2.72. The van der Waals surface area contributed by atoms with E-state index in [1.54, 1.807) is 26.0 Å². The predicted molar refractivity (Wildman–Crippen MR) is 138 cm³/mol. The Morgan fingerprint density at radius 1 is 1.08 bits per heavy atom. The predicted octanol–water partition coefficient (Wildman–Crippen LogP) is 6.92. The number of benzene rings is 2. The fourth-order valence-corrected chi connectivity index (χ4v) is 4.45. The molecule has 7 nitrogen and oxygen atoms in total. The van der Waals surface area contributed by atoms with Gasteiger partial charge in [-0.05, 0) is 55.3 Å². The Morgan fingerprint density at radius 2 is 1.79 bits per heavy atom. The van der Waals surface area contributed by atoms with Crippen molar-refractivity contribution in [3.8, 4) is 22.8 Å². The number of carbonyl (C=O) groups excluding carboxylic acids is 1. The SMILES string of the molecule is Cc1nc(F)ccc1Oc1ncc(-c2ccc(C(F)F)cc2)c(C)c1C(=O)Nc1cccc([S@](C)(=N)=O)c1. The molecule has 2 N–H and O–H groups in total. The van der Waals surface area contributed by atoms with E-state index in [1.165, 1.54) is 54.9 Å². The van der Waals surface area contributed by atoms with Crippen molar-refractivity contribution < 1.29 is 26.9 Å². The van der Waals surface area contributed by atoms with Gasteiger partial charge in [-0.15, -0.1) is 0 Å². The highest BCUT2D eigenvalue weighted by molar-refractivity contribution is 7.91. The summed E-state index contributed by atoms with van der Waals surface area (Å²) in [6.07, 6.45) is 0.110. The van der Waals surface area contributed by atoms with Crippen LogP contribution in [0, 0.1) is 24.6 Å². The largest absolute Gasteiger partial charge is 0.436 e. The lowest BCUT2D eigenvalue weighted by Gasteiger charge is -2.17. The van der Waals surface area contributed by atoms with Gasteiger partial charge >= 0.3 is 0 Å². The average molecular weight is 541 g/mol. The molecule has 0 saturated heterocycles. The first-order valence-electron chi connectivity index (χ1n) is 11.3. The van der Waals surface area contributed by atoms with E-state index in [4.69, 9.17) is 9.52 Å². The molecule has 2 aromatic carbocycles. The molecule has 4 aromatic rings. The highest BCUT2D eigenvalue weighted by atomic mass is 32.2. The van der Waals surface area contributed by atoms with Gasteiger partial charge in [0, 0.05) is 34.2 Å². The van der Waals surface area contributed by atoms with Gasteiger partial charge in [-0.3, -0.25) is 4.79 Å². The van der Waals surface area contributed by atoms with E-state index in [0.717, 1.165) is 6.07 Å². The minimum absolute atomic E-state index is 0.0395. The lowest BCUT2D eigenvalue weighted by atomic mass is 9.97. The van der Waals surface area contributed by atoms with Crippen LogP contribution in [0.1, 0.15) is 33.6 Å². The summed E-state index contributed by atoms with van der Waals surface area (Å²) in [4.78, 5) is 21.8. The second kappa shape index (κ2) is 10.6. The van der Waals surface area contributed by atoms with E-state index < -0.39 is 28.0 Å². The first kappa shape index (κ1) is 26.8. The van der Waals surface area contributed by atoms with Crippen LogP contribution in [-0.2, 0) is 9.73 Å². The maximum atomic E-state index is 13.5. The third-order valence-electron chi connectivity index (χ3n) is 5.76. The quantitative estimate of drug-likeness (QED) is 0.248. The van der Waals surface area contributed by atoms with Crippen LogP contribution in [0.4, 0.5) is 18.9 Å². The molecule has 0 unspecified atom stereocenters. The Kier molecular flexibility index (Phi) is 7.49. The number of aromatic nitrogens is 2. The molecule has 0 aliphatic carbocycles. The van der Waals surface area contributed by atoms with Gasteiger partial charge in [0.05, 0.1) is 15.4 Å². The molecule has 0 fully saturated rings. The summed E-state index contributed by atoms with van der Waals surface area (Å²) in [6.45, 7) is 3.20.